The van der Waals surface area contributed by atoms with Crippen LogP contribution in [0.1, 0.15) is 57.2 Å². The molecule has 0 bridgehead atoms. The molecule has 2 aliphatic carbocycles. The van der Waals surface area contributed by atoms with Gasteiger partial charge in [-0.15, -0.1) is 0 Å². The lowest BCUT2D eigenvalue weighted by molar-refractivity contribution is -0.131. The molecule has 2 saturated heterocycles. The van der Waals surface area contributed by atoms with E-state index in [4.69, 9.17) is 9.47 Å². The fourth-order valence-electron chi connectivity index (χ4n) is 6.40. The number of likely N-dealkylation sites (tertiary alicyclic amines) is 1. The molecule has 7 rings (SSSR count). The van der Waals surface area contributed by atoms with Crippen molar-refractivity contribution in [3.05, 3.63) is 36.2 Å². The average Bonchev–Trinajstić information content (AvgIpc) is 3.74. The molecule has 2 saturated carbocycles. The van der Waals surface area contributed by atoms with Crippen molar-refractivity contribution < 1.29 is 31.5 Å². The van der Waals surface area contributed by atoms with Crippen LogP contribution in [-0.4, -0.2) is 95.0 Å². The number of halogens is 2. The number of hydrogen-bond acceptors (Lipinski definition) is 9. The number of alkyl halides is 2. The van der Waals surface area contributed by atoms with Crippen LogP contribution in [0.15, 0.2) is 30.3 Å². The van der Waals surface area contributed by atoms with Crippen molar-refractivity contribution in [2.45, 2.75) is 74.8 Å². The van der Waals surface area contributed by atoms with Crippen molar-refractivity contribution in [2.24, 2.45) is 0 Å². The number of amides is 1. The summed E-state index contributed by atoms with van der Waals surface area (Å²) in [5.74, 6) is 0.338. The number of hydrogen-bond donors (Lipinski definition) is 1. The molecule has 1 N–H and O–H groups in total. The van der Waals surface area contributed by atoms with Crippen LogP contribution in [0, 0.1) is 0 Å². The third kappa shape index (κ3) is 5.84. The highest BCUT2D eigenvalue weighted by atomic mass is 32.2. The molecule has 3 aromatic rings. The van der Waals surface area contributed by atoms with Crippen molar-refractivity contribution in [2.75, 3.05) is 37.7 Å². The monoisotopic (exact) mass is 631 g/mol. The zero-order valence-electron chi connectivity index (χ0n) is 24.1. The number of sulfonamides is 1. The molecule has 4 heterocycles. The zero-order chi connectivity index (χ0) is 30.4. The Morgan fingerprint density at radius 2 is 1.70 bits per heavy atom. The first-order valence-corrected chi connectivity index (χ1v) is 16.8. The predicted octanol–water partition coefficient (Wildman–Crippen LogP) is 2.96. The quantitative estimate of drug-likeness (QED) is 0.379. The van der Waals surface area contributed by atoms with E-state index in [-0.39, 0.29) is 35.0 Å². The topological polar surface area (TPSA) is 132 Å². The summed E-state index contributed by atoms with van der Waals surface area (Å²) in [4.78, 5) is 30.4. The fourth-order valence-corrected chi connectivity index (χ4v) is 7.97. The second-order valence-corrected chi connectivity index (χ2v) is 13.8. The standard InChI is InChI=1S/C29H35F2N7O5S/c30-26(31)27-32-21-3-1-2-4-23(21)38(27)24-17-25(34-29(33-24)36-13-15-42-16-14-36)43-19-7-5-18(6-8-19)37-12-11-22(28(37)39)35-44(40,41)20-9-10-20/h1-4,17-20,22,26,35H,5-16H2/t18-,19-,22-/m0/s1. The number of nitrogens with one attached hydrogen (secondary N) is 1. The largest absolute Gasteiger partial charge is 0.474 e. The number of benzene rings is 1. The molecule has 4 aliphatic rings. The molecule has 4 fully saturated rings. The van der Waals surface area contributed by atoms with Gasteiger partial charge in [0, 0.05) is 31.7 Å². The second kappa shape index (κ2) is 11.8. The number of nitrogens with zero attached hydrogens (tertiary/aromatic N) is 6. The smallest absolute Gasteiger partial charge is 0.296 e. The second-order valence-electron chi connectivity index (χ2n) is 11.8. The number of carbonyl (C=O) groups excluding carboxylic acids is 1. The van der Waals surface area contributed by atoms with Crippen LogP contribution < -0.4 is 14.4 Å². The highest BCUT2D eigenvalue weighted by Gasteiger charge is 2.43. The molecule has 0 spiro atoms. The van der Waals surface area contributed by atoms with Crippen molar-refractivity contribution in [3.8, 4) is 11.7 Å². The van der Waals surface area contributed by atoms with E-state index in [0.29, 0.717) is 94.8 Å². The van der Waals surface area contributed by atoms with E-state index in [0.717, 1.165) is 0 Å². The van der Waals surface area contributed by atoms with Crippen molar-refractivity contribution in [1.29, 1.82) is 0 Å². The number of anilines is 1. The Kier molecular flexibility index (Phi) is 7.87. The Morgan fingerprint density at radius 3 is 2.43 bits per heavy atom. The predicted molar refractivity (Wildman–Crippen MR) is 157 cm³/mol. The number of para-hydroxylation sites is 2. The third-order valence-corrected chi connectivity index (χ3v) is 10.8. The van der Waals surface area contributed by atoms with Gasteiger partial charge in [0.15, 0.2) is 5.82 Å². The Balaban J connectivity index is 1.08. The Bertz CT molecular complexity index is 1640. The van der Waals surface area contributed by atoms with Gasteiger partial charge in [0.25, 0.3) is 6.43 Å². The van der Waals surface area contributed by atoms with E-state index in [1.165, 1.54) is 4.57 Å². The van der Waals surface area contributed by atoms with Crippen LogP contribution >= 0.6 is 0 Å². The van der Waals surface area contributed by atoms with E-state index >= 15 is 0 Å². The van der Waals surface area contributed by atoms with E-state index in [9.17, 15) is 22.0 Å². The number of imidazole rings is 1. The molecular weight excluding hydrogens is 596 g/mol. The molecular formula is C29H35F2N7O5S. The number of rotatable bonds is 9. The molecule has 1 amide bonds. The summed E-state index contributed by atoms with van der Waals surface area (Å²) in [6.07, 6.45) is 1.49. The summed E-state index contributed by atoms with van der Waals surface area (Å²) in [5, 5.41) is -0.363. The summed E-state index contributed by atoms with van der Waals surface area (Å²) < 4.78 is 68.9. The van der Waals surface area contributed by atoms with Crippen LogP contribution in [0.4, 0.5) is 14.7 Å². The fraction of sp³-hybridized carbons (Fsp3) is 0.586. The van der Waals surface area contributed by atoms with Gasteiger partial charge < -0.3 is 19.3 Å². The van der Waals surface area contributed by atoms with Gasteiger partial charge in [0.05, 0.1) is 29.5 Å². The lowest BCUT2D eigenvalue weighted by Gasteiger charge is -2.35. The minimum Gasteiger partial charge on any atom is -0.474 e. The molecule has 15 heteroatoms. The molecule has 0 radical (unpaired) electrons. The molecule has 1 aromatic carbocycles. The van der Waals surface area contributed by atoms with Gasteiger partial charge in [-0.3, -0.25) is 9.36 Å². The lowest BCUT2D eigenvalue weighted by Crippen LogP contribution is -2.46. The van der Waals surface area contributed by atoms with Crippen molar-refractivity contribution in [3.63, 3.8) is 0 Å². The van der Waals surface area contributed by atoms with Crippen LogP contribution in [0.5, 0.6) is 5.88 Å². The van der Waals surface area contributed by atoms with Gasteiger partial charge in [-0.1, -0.05) is 12.1 Å². The number of fused-ring (bicyclic) bond motifs is 1. The summed E-state index contributed by atoms with van der Waals surface area (Å²) >= 11 is 0. The van der Waals surface area contributed by atoms with Crippen LogP contribution in [0.25, 0.3) is 16.9 Å². The SMILES string of the molecule is O=C1[C@@H](NS(=O)(=O)C2CC2)CCN1[C@H]1CC[C@H](Oc2cc(-n3c(C(F)F)nc4ccccc43)nc(N3CCOCC3)n2)CC1. The maximum Gasteiger partial charge on any atom is 0.296 e. The number of aromatic nitrogens is 4. The first-order chi connectivity index (χ1) is 21.3. The van der Waals surface area contributed by atoms with Crippen LogP contribution in [-0.2, 0) is 19.6 Å². The summed E-state index contributed by atoms with van der Waals surface area (Å²) in [5.41, 5.74) is 0.947. The summed E-state index contributed by atoms with van der Waals surface area (Å²) in [7, 11) is -3.44. The third-order valence-electron chi connectivity index (χ3n) is 8.86. The van der Waals surface area contributed by atoms with Gasteiger partial charge in [-0.25, -0.2) is 26.9 Å². The lowest BCUT2D eigenvalue weighted by atomic mass is 9.92. The van der Waals surface area contributed by atoms with Crippen molar-refractivity contribution in [1.82, 2.24) is 29.1 Å². The average molecular weight is 632 g/mol. The molecule has 2 aliphatic heterocycles. The first kappa shape index (κ1) is 29.3. The highest BCUT2D eigenvalue weighted by Crippen LogP contribution is 2.33. The molecule has 44 heavy (non-hydrogen) atoms. The minimum atomic E-state index is -3.44. The first-order valence-electron chi connectivity index (χ1n) is 15.2. The van der Waals surface area contributed by atoms with Gasteiger partial charge in [-0.2, -0.15) is 9.97 Å². The van der Waals surface area contributed by atoms with E-state index < -0.39 is 28.3 Å². The zero-order valence-corrected chi connectivity index (χ0v) is 25.0. The molecule has 2 aromatic heterocycles. The minimum absolute atomic E-state index is 0.00793. The van der Waals surface area contributed by atoms with Crippen LogP contribution in [0.2, 0.25) is 0 Å². The van der Waals surface area contributed by atoms with Crippen LogP contribution in [0.3, 0.4) is 0 Å². The molecule has 1 atom stereocenters. The number of ether oxygens (including phenoxy) is 2. The number of morpholine rings is 1. The van der Waals surface area contributed by atoms with Gasteiger partial charge >= 0.3 is 0 Å². The molecule has 0 unspecified atom stereocenters. The van der Waals surface area contributed by atoms with Gasteiger partial charge in [0.1, 0.15) is 18.0 Å². The highest BCUT2D eigenvalue weighted by molar-refractivity contribution is 7.90. The normalized spacial score (nSPS) is 24.9. The maximum atomic E-state index is 14.2. The Hall–Kier alpha value is -3.43. The van der Waals surface area contributed by atoms with E-state index in [2.05, 4.69) is 19.7 Å². The maximum absolute atomic E-state index is 14.2. The van der Waals surface area contributed by atoms with E-state index in [1.54, 1.807) is 30.3 Å². The molecule has 236 valence electrons. The Labute approximate surface area is 253 Å². The summed E-state index contributed by atoms with van der Waals surface area (Å²) in [6, 6.07) is 7.84. The summed E-state index contributed by atoms with van der Waals surface area (Å²) in [6.45, 7) is 2.64. The molecule has 12 nitrogen and oxygen atoms in total. The Morgan fingerprint density at radius 1 is 0.955 bits per heavy atom. The van der Waals surface area contributed by atoms with E-state index in [1.807, 2.05) is 9.80 Å². The van der Waals surface area contributed by atoms with Gasteiger partial charge in [0.2, 0.25) is 27.8 Å². The van der Waals surface area contributed by atoms with Gasteiger partial charge in [-0.05, 0) is 57.1 Å². The number of carbonyl (C=O) groups is 1. The van der Waals surface area contributed by atoms with Crippen molar-refractivity contribution >= 4 is 32.9 Å².